The van der Waals surface area contributed by atoms with E-state index in [1.54, 1.807) is 12.1 Å². The number of halogens is 1. The van der Waals surface area contributed by atoms with Crippen LogP contribution in [-0.4, -0.2) is 17.0 Å². The van der Waals surface area contributed by atoms with E-state index in [4.69, 9.17) is 22.4 Å². The molecule has 1 heterocycles. The number of carboxylic acid groups (broad SMARTS) is 1. The van der Waals surface area contributed by atoms with Crippen molar-refractivity contribution in [3.8, 4) is 0 Å². The summed E-state index contributed by atoms with van der Waals surface area (Å²) in [5.74, 6) is -1.57. The van der Waals surface area contributed by atoms with Gasteiger partial charge < -0.3 is 16.2 Å². The van der Waals surface area contributed by atoms with Gasteiger partial charge in [-0.15, -0.1) is 11.3 Å². The number of rotatable bonds is 4. The number of nitrogens with one attached hydrogen (secondary N) is 1. The van der Waals surface area contributed by atoms with Gasteiger partial charge in [0.2, 0.25) is 5.91 Å². The smallest absolute Gasteiger partial charge is 0.337 e. The Morgan fingerprint density at radius 2 is 2.10 bits per heavy atom. The highest BCUT2D eigenvalue weighted by Gasteiger charge is 2.18. The average Bonchev–Trinajstić information content (AvgIpc) is 2.93. The van der Waals surface area contributed by atoms with Crippen LogP contribution >= 0.6 is 22.9 Å². The number of thiophene rings is 1. The minimum Gasteiger partial charge on any atom is -0.478 e. The fourth-order valence-electron chi connectivity index (χ4n) is 1.58. The van der Waals surface area contributed by atoms with Crippen molar-refractivity contribution in [1.29, 1.82) is 0 Å². The molecule has 1 aromatic heterocycles. The van der Waals surface area contributed by atoms with Gasteiger partial charge >= 0.3 is 5.97 Å². The van der Waals surface area contributed by atoms with E-state index < -0.39 is 17.9 Å². The molecule has 0 radical (unpaired) electrons. The molecule has 1 unspecified atom stereocenters. The highest BCUT2D eigenvalue weighted by Crippen LogP contribution is 2.22. The fourth-order valence-corrected chi connectivity index (χ4v) is 2.51. The van der Waals surface area contributed by atoms with Crippen molar-refractivity contribution in [1.82, 2.24) is 0 Å². The first-order valence-electron chi connectivity index (χ1n) is 5.61. The molecule has 0 saturated heterocycles. The van der Waals surface area contributed by atoms with Crippen molar-refractivity contribution in [3.63, 3.8) is 0 Å². The van der Waals surface area contributed by atoms with Gasteiger partial charge in [-0.05, 0) is 29.6 Å². The largest absolute Gasteiger partial charge is 0.478 e. The Bertz CT molecular complexity index is 643. The van der Waals surface area contributed by atoms with Gasteiger partial charge in [0, 0.05) is 10.6 Å². The van der Waals surface area contributed by atoms with Crippen molar-refractivity contribution in [2.24, 2.45) is 5.73 Å². The topological polar surface area (TPSA) is 92.4 Å². The molecule has 1 amide bonds. The third-order valence-electron chi connectivity index (χ3n) is 2.60. The number of nitrogens with two attached hydrogens (primary N) is 1. The molecular weight excluding hydrogens is 300 g/mol. The molecule has 4 N–H and O–H groups in total. The van der Waals surface area contributed by atoms with E-state index in [1.165, 1.54) is 29.5 Å². The molecule has 104 valence electrons. The van der Waals surface area contributed by atoms with E-state index in [2.05, 4.69) is 5.32 Å². The molecule has 1 atom stereocenters. The summed E-state index contributed by atoms with van der Waals surface area (Å²) < 4.78 is 0. The number of aromatic carboxylic acids is 1. The van der Waals surface area contributed by atoms with E-state index >= 15 is 0 Å². The number of carbonyl (C=O) groups is 2. The molecule has 0 aliphatic carbocycles. The van der Waals surface area contributed by atoms with Crippen LogP contribution in [0.5, 0.6) is 0 Å². The number of hydrogen-bond acceptors (Lipinski definition) is 4. The minimum absolute atomic E-state index is 0.0749. The molecule has 0 spiro atoms. The minimum atomic E-state index is -1.16. The van der Waals surface area contributed by atoms with Crippen molar-refractivity contribution in [2.45, 2.75) is 6.04 Å². The zero-order valence-corrected chi connectivity index (χ0v) is 11.7. The Labute approximate surface area is 124 Å². The van der Waals surface area contributed by atoms with Gasteiger partial charge in [-0.25, -0.2) is 4.79 Å². The number of anilines is 1. The lowest BCUT2D eigenvalue weighted by Gasteiger charge is -2.11. The number of carboxylic acids is 1. The number of hydrogen-bond donors (Lipinski definition) is 3. The predicted octanol–water partition coefficient (Wildman–Crippen LogP) is 2.74. The zero-order chi connectivity index (χ0) is 14.7. The molecule has 2 rings (SSSR count). The van der Waals surface area contributed by atoms with Gasteiger partial charge in [0.1, 0.15) is 6.04 Å². The maximum absolute atomic E-state index is 12.0. The normalized spacial score (nSPS) is 11.9. The van der Waals surface area contributed by atoms with Gasteiger partial charge in [0.25, 0.3) is 0 Å². The maximum atomic E-state index is 12.0. The third kappa shape index (κ3) is 3.16. The van der Waals surface area contributed by atoms with Crippen LogP contribution in [-0.2, 0) is 4.79 Å². The summed E-state index contributed by atoms with van der Waals surface area (Å²) in [5.41, 5.74) is 6.08. The third-order valence-corrected chi connectivity index (χ3v) is 3.88. The highest BCUT2D eigenvalue weighted by atomic mass is 35.5. The van der Waals surface area contributed by atoms with Gasteiger partial charge in [-0.2, -0.15) is 0 Å². The van der Waals surface area contributed by atoms with Crippen LogP contribution in [0, 0.1) is 0 Å². The molecule has 0 aliphatic heterocycles. The molecular formula is C13H11ClN2O3S. The van der Waals surface area contributed by atoms with E-state index in [9.17, 15) is 9.59 Å². The molecule has 0 aliphatic rings. The lowest BCUT2D eigenvalue weighted by molar-refractivity contribution is -0.117. The number of carbonyl (C=O) groups excluding carboxylic acids is 1. The van der Waals surface area contributed by atoms with Crippen molar-refractivity contribution >= 4 is 40.5 Å². The van der Waals surface area contributed by atoms with Crippen LogP contribution in [0.3, 0.4) is 0 Å². The van der Waals surface area contributed by atoms with Crippen LogP contribution in [0.4, 0.5) is 5.69 Å². The predicted molar refractivity (Wildman–Crippen MR) is 78.3 cm³/mol. The Morgan fingerprint density at radius 3 is 2.70 bits per heavy atom. The molecule has 1 aromatic carbocycles. The Balaban J connectivity index is 2.16. The first-order valence-corrected chi connectivity index (χ1v) is 6.87. The molecule has 20 heavy (non-hydrogen) atoms. The summed E-state index contributed by atoms with van der Waals surface area (Å²) in [6.07, 6.45) is 0. The van der Waals surface area contributed by atoms with Gasteiger partial charge in [-0.1, -0.05) is 17.7 Å². The standard InChI is InChI=1S/C13H11ClN2O3S/c14-9-4-3-7(6-8(9)13(18)19)16-12(17)11(15)10-2-1-5-20-10/h1-6,11H,15H2,(H,16,17)(H,18,19). The molecule has 2 aromatic rings. The van der Waals surface area contributed by atoms with Crippen LogP contribution in [0.2, 0.25) is 5.02 Å². The summed E-state index contributed by atoms with van der Waals surface area (Å²) in [4.78, 5) is 23.7. The first kappa shape index (κ1) is 14.5. The van der Waals surface area contributed by atoms with Crippen molar-refractivity contribution in [2.75, 3.05) is 5.32 Å². The van der Waals surface area contributed by atoms with Gasteiger partial charge in [0.15, 0.2) is 0 Å². The lowest BCUT2D eigenvalue weighted by atomic mass is 10.2. The van der Waals surface area contributed by atoms with Gasteiger partial charge in [-0.3, -0.25) is 4.79 Å². The van der Waals surface area contributed by atoms with Crippen LogP contribution in [0.1, 0.15) is 21.3 Å². The summed E-state index contributed by atoms with van der Waals surface area (Å²) >= 11 is 7.13. The molecule has 5 nitrogen and oxygen atoms in total. The SMILES string of the molecule is NC(C(=O)Nc1ccc(Cl)c(C(=O)O)c1)c1cccs1. The lowest BCUT2D eigenvalue weighted by Crippen LogP contribution is -2.27. The quantitative estimate of drug-likeness (QED) is 0.809. The van der Waals surface area contributed by atoms with Crippen LogP contribution in [0.15, 0.2) is 35.7 Å². The molecule has 7 heteroatoms. The molecule has 0 saturated carbocycles. The van der Waals surface area contributed by atoms with Crippen molar-refractivity contribution in [3.05, 3.63) is 51.2 Å². The van der Waals surface area contributed by atoms with Crippen LogP contribution < -0.4 is 11.1 Å². The maximum Gasteiger partial charge on any atom is 0.337 e. The van der Waals surface area contributed by atoms with E-state index in [-0.39, 0.29) is 10.6 Å². The van der Waals surface area contributed by atoms with Gasteiger partial charge in [0.05, 0.1) is 10.6 Å². The second kappa shape index (κ2) is 6.04. The van der Waals surface area contributed by atoms with Crippen LogP contribution in [0.25, 0.3) is 0 Å². The first-order chi connectivity index (χ1) is 9.49. The van der Waals surface area contributed by atoms with E-state index in [0.717, 1.165) is 4.88 Å². The Hall–Kier alpha value is -1.89. The molecule has 0 bridgehead atoms. The Kier molecular flexibility index (Phi) is 4.39. The monoisotopic (exact) mass is 310 g/mol. The van der Waals surface area contributed by atoms with E-state index in [1.807, 2.05) is 5.38 Å². The fraction of sp³-hybridized carbons (Fsp3) is 0.0769. The second-order valence-corrected chi connectivity index (χ2v) is 5.37. The molecule has 0 fully saturated rings. The summed E-state index contributed by atoms with van der Waals surface area (Å²) in [7, 11) is 0. The Morgan fingerprint density at radius 1 is 1.35 bits per heavy atom. The average molecular weight is 311 g/mol. The number of benzene rings is 1. The van der Waals surface area contributed by atoms with E-state index in [0.29, 0.717) is 5.69 Å². The second-order valence-electron chi connectivity index (χ2n) is 3.98. The highest BCUT2D eigenvalue weighted by molar-refractivity contribution is 7.10. The summed E-state index contributed by atoms with van der Waals surface area (Å²) in [6, 6.07) is 7.01. The number of amides is 1. The summed E-state index contributed by atoms with van der Waals surface area (Å²) in [5, 5.41) is 13.5. The zero-order valence-electron chi connectivity index (χ0n) is 10.2. The van der Waals surface area contributed by atoms with Crippen molar-refractivity contribution < 1.29 is 14.7 Å². The summed E-state index contributed by atoms with van der Waals surface area (Å²) in [6.45, 7) is 0.